The van der Waals surface area contributed by atoms with Gasteiger partial charge in [0.2, 0.25) is 5.91 Å². The van der Waals surface area contributed by atoms with Crippen molar-refractivity contribution in [1.29, 1.82) is 0 Å². The smallest absolute Gasteiger partial charge is 0.232 e. The van der Waals surface area contributed by atoms with E-state index in [1.807, 2.05) is 44.2 Å². The molecular weight excluding hydrogens is 277 g/mol. The monoisotopic (exact) mass is 299 g/mol. The molecule has 0 bridgehead atoms. The third-order valence-corrected chi connectivity index (χ3v) is 4.03. The molecule has 0 aromatic heterocycles. The molecule has 3 heteroatoms. The van der Waals surface area contributed by atoms with E-state index in [0.717, 1.165) is 17.5 Å². The Kier molecular flexibility index (Phi) is 5.31. The van der Waals surface area contributed by atoms with E-state index < -0.39 is 5.82 Å². The summed E-state index contributed by atoms with van der Waals surface area (Å²) in [4.78, 5) is 12.7. The van der Waals surface area contributed by atoms with Gasteiger partial charge in [-0.3, -0.25) is 4.79 Å². The van der Waals surface area contributed by atoms with Crippen LogP contribution in [0.1, 0.15) is 37.3 Å². The summed E-state index contributed by atoms with van der Waals surface area (Å²) >= 11 is 0. The molecular formula is C19H22FNO. The van der Waals surface area contributed by atoms with Gasteiger partial charge in [0.25, 0.3) is 0 Å². The average molecular weight is 299 g/mol. The highest BCUT2D eigenvalue weighted by molar-refractivity contribution is 5.96. The zero-order chi connectivity index (χ0) is 16.1. The van der Waals surface area contributed by atoms with Crippen LogP contribution < -0.4 is 5.32 Å². The van der Waals surface area contributed by atoms with Crippen LogP contribution >= 0.6 is 0 Å². The summed E-state index contributed by atoms with van der Waals surface area (Å²) in [5.74, 6) is -0.679. The van der Waals surface area contributed by atoms with Crippen molar-refractivity contribution in [2.45, 2.75) is 33.1 Å². The first-order valence-corrected chi connectivity index (χ1v) is 7.65. The minimum atomic E-state index is -0.407. The predicted octanol–water partition coefficient (Wildman–Crippen LogP) is 4.90. The molecule has 0 fully saturated rings. The summed E-state index contributed by atoms with van der Waals surface area (Å²) < 4.78 is 13.9. The molecule has 0 aliphatic carbocycles. The van der Waals surface area contributed by atoms with Gasteiger partial charge in [-0.15, -0.1) is 0 Å². The van der Waals surface area contributed by atoms with Crippen LogP contribution in [0.2, 0.25) is 0 Å². The van der Waals surface area contributed by atoms with Gasteiger partial charge in [-0.1, -0.05) is 56.7 Å². The molecule has 2 aromatic rings. The van der Waals surface area contributed by atoms with Crippen LogP contribution in [0, 0.1) is 18.7 Å². The number of aryl methyl sites for hydroxylation is 1. The maximum Gasteiger partial charge on any atom is 0.232 e. The molecule has 0 spiro atoms. The van der Waals surface area contributed by atoms with Gasteiger partial charge < -0.3 is 5.32 Å². The molecule has 2 unspecified atom stereocenters. The maximum absolute atomic E-state index is 13.9. The summed E-state index contributed by atoms with van der Waals surface area (Å²) in [6.45, 7) is 5.98. The van der Waals surface area contributed by atoms with E-state index in [4.69, 9.17) is 0 Å². The number of nitrogens with one attached hydrogen (secondary N) is 1. The van der Waals surface area contributed by atoms with E-state index in [-0.39, 0.29) is 23.4 Å². The van der Waals surface area contributed by atoms with Crippen molar-refractivity contribution >= 4 is 11.6 Å². The van der Waals surface area contributed by atoms with Crippen LogP contribution in [-0.2, 0) is 4.79 Å². The number of halogens is 1. The van der Waals surface area contributed by atoms with Crippen LogP contribution in [0.4, 0.5) is 10.1 Å². The molecule has 2 rings (SSSR count). The first-order valence-electron chi connectivity index (χ1n) is 7.65. The number of anilines is 1. The Morgan fingerprint density at radius 1 is 1.18 bits per heavy atom. The van der Waals surface area contributed by atoms with Crippen molar-refractivity contribution in [2.75, 3.05) is 5.32 Å². The SMILES string of the molecule is CCC(C)C(C(=O)Nc1cc(C)ccc1F)c1ccccc1. The second-order valence-corrected chi connectivity index (χ2v) is 5.75. The third-order valence-electron chi connectivity index (χ3n) is 4.03. The Balaban J connectivity index is 2.28. The van der Waals surface area contributed by atoms with Gasteiger partial charge in [-0.05, 0) is 36.1 Å². The average Bonchev–Trinajstić information content (AvgIpc) is 2.52. The predicted molar refractivity (Wildman–Crippen MR) is 88.4 cm³/mol. The molecule has 116 valence electrons. The molecule has 0 aliphatic heterocycles. The van der Waals surface area contributed by atoms with Gasteiger partial charge in [0, 0.05) is 0 Å². The van der Waals surface area contributed by atoms with Gasteiger partial charge in [-0.2, -0.15) is 0 Å². The molecule has 0 radical (unpaired) electrons. The second-order valence-electron chi connectivity index (χ2n) is 5.75. The van der Waals surface area contributed by atoms with Gasteiger partial charge in [-0.25, -0.2) is 4.39 Å². The fourth-order valence-electron chi connectivity index (χ4n) is 2.58. The van der Waals surface area contributed by atoms with Crippen LogP contribution in [0.25, 0.3) is 0 Å². The molecule has 2 nitrogen and oxygen atoms in total. The lowest BCUT2D eigenvalue weighted by molar-refractivity contribution is -0.118. The minimum Gasteiger partial charge on any atom is -0.323 e. The van der Waals surface area contributed by atoms with Crippen LogP contribution in [0.5, 0.6) is 0 Å². The lowest BCUT2D eigenvalue weighted by Crippen LogP contribution is -2.26. The van der Waals surface area contributed by atoms with E-state index in [2.05, 4.69) is 12.2 Å². The molecule has 1 amide bonds. The molecule has 22 heavy (non-hydrogen) atoms. The zero-order valence-electron chi connectivity index (χ0n) is 13.3. The summed E-state index contributed by atoms with van der Waals surface area (Å²) in [7, 11) is 0. The lowest BCUT2D eigenvalue weighted by Gasteiger charge is -2.23. The number of amides is 1. The van der Waals surface area contributed by atoms with E-state index in [9.17, 15) is 9.18 Å². The third kappa shape index (κ3) is 3.73. The van der Waals surface area contributed by atoms with Crippen LogP contribution in [-0.4, -0.2) is 5.91 Å². The number of carbonyl (C=O) groups is 1. The van der Waals surface area contributed by atoms with Gasteiger partial charge in [0.05, 0.1) is 11.6 Å². The molecule has 0 aliphatic rings. The topological polar surface area (TPSA) is 29.1 Å². The quantitative estimate of drug-likeness (QED) is 0.835. The highest BCUT2D eigenvalue weighted by Gasteiger charge is 2.26. The Morgan fingerprint density at radius 3 is 2.50 bits per heavy atom. The Morgan fingerprint density at radius 2 is 1.86 bits per heavy atom. The number of hydrogen-bond acceptors (Lipinski definition) is 1. The molecule has 2 aromatic carbocycles. The van der Waals surface area contributed by atoms with Gasteiger partial charge >= 0.3 is 0 Å². The Bertz CT molecular complexity index is 639. The zero-order valence-corrected chi connectivity index (χ0v) is 13.3. The maximum atomic E-state index is 13.9. The van der Waals surface area contributed by atoms with Crippen molar-refractivity contribution in [3.8, 4) is 0 Å². The van der Waals surface area contributed by atoms with Crippen LogP contribution in [0.3, 0.4) is 0 Å². The van der Waals surface area contributed by atoms with Crippen LogP contribution in [0.15, 0.2) is 48.5 Å². The molecule has 0 saturated carbocycles. The Hall–Kier alpha value is -2.16. The number of carbonyl (C=O) groups excluding carboxylic acids is 1. The lowest BCUT2D eigenvalue weighted by atomic mass is 9.85. The summed E-state index contributed by atoms with van der Waals surface area (Å²) in [5.41, 5.74) is 2.12. The highest BCUT2D eigenvalue weighted by atomic mass is 19.1. The molecule has 0 saturated heterocycles. The molecule has 1 N–H and O–H groups in total. The van der Waals surface area contributed by atoms with Crippen molar-refractivity contribution < 1.29 is 9.18 Å². The standard InChI is InChI=1S/C19H22FNO/c1-4-14(3)18(15-8-6-5-7-9-15)19(22)21-17-12-13(2)10-11-16(17)20/h5-12,14,18H,4H2,1-3H3,(H,21,22). The minimum absolute atomic E-state index is 0.162. The molecule has 2 atom stereocenters. The Labute approximate surface area is 131 Å². The molecule has 0 heterocycles. The summed E-state index contributed by atoms with van der Waals surface area (Å²) in [6, 6.07) is 14.4. The van der Waals surface area contributed by atoms with E-state index in [1.165, 1.54) is 6.07 Å². The highest BCUT2D eigenvalue weighted by Crippen LogP contribution is 2.29. The van der Waals surface area contributed by atoms with E-state index in [1.54, 1.807) is 12.1 Å². The van der Waals surface area contributed by atoms with Crippen molar-refractivity contribution in [3.05, 3.63) is 65.5 Å². The summed E-state index contributed by atoms with van der Waals surface area (Å²) in [6.07, 6.45) is 0.878. The van der Waals surface area contributed by atoms with E-state index in [0.29, 0.717) is 0 Å². The van der Waals surface area contributed by atoms with Gasteiger partial charge in [0.15, 0.2) is 0 Å². The summed E-state index contributed by atoms with van der Waals surface area (Å²) in [5, 5.41) is 2.75. The van der Waals surface area contributed by atoms with Crippen molar-refractivity contribution in [2.24, 2.45) is 5.92 Å². The second kappa shape index (κ2) is 7.21. The fraction of sp³-hybridized carbons (Fsp3) is 0.316. The van der Waals surface area contributed by atoms with Crippen molar-refractivity contribution in [3.63, 3.8) is 0 Å². The van der Waals surface area contributed by atoms with Crippen molar-refractivity contribution in [1.82, 2.24) is 0 Å². The largest absolute Gasteiger partial charge is 0.323 e. The normalized spacial score (nSPS) is 13.5. The number of hydrogen-bond donors (Lipinski definition) is 1. The van der Waals surface area contributed by atoms with E-state index >= 15 is 0 Å². The number of rotatable bonds is 5. The first kappa shape index (κ1) is 16.2. The number of benzene rings is 2. The first-order chi connectivity index (χ1) is 10.5. The fourth-order valence-corrected chi connectivity index (χ4v) is 2.58. The van der Waals surface area contributed by atoms with Gasteiger partial charge in [0.1, 0.15) is 5.82 Å².